The van der Waals surface area contributed by atoms with Gasteiger partial charge in [0.25, 0.3) is 0 Å². The van der Waals surface area contributed by atoms with Crippen molar-refractivity contribution in [1.82, 2.24) is 9.88 Å². The van der Waals surface area contributed by atoms with Crippen molar-refractivity contribution in [2.75, 3.05) is 7.11 Å². The van der Waals surface area contributed by atoms with Crippen LogP contribution in [0.2, 0.25) is 0 Å². The standard InChI is InChI=1S/C16H16N2O2/c1-20-16(19)12-6-7-17-15(8-12)11-18-9-13-4-2-3-5-14(13)10-18/h2-8H,9-11H2,1H3. The monoisotopic (exact) mass is 268 g/mol. The molecule has 1 aromatic carbocycles. The van der Waals surface area contributed by atoms with Crippen molar-refractivity contribution in [3.05, 3.63) is 65.0 Å². The Labute approximate surface area is 118 Å². The maximum Gasteiger partial charge on any atom is 0.337 e. The SMILES string of the molecule is COC(=O)c1ccnc(CN2Cc3ccccc3C2)c1. The average Bonchev–Trinajstić information content (AvgIpc) is 2.88. The van der Waals surface area contributed by atoms with E-state index in [2.05, 4.69) is 34.1 Å². The van der Waals surface area contributed by atoms with E-state index in [1.165, 1.54) is 18.2 Å². The van der Waals surface area contributed by atoms with Gasteiger partial charge in [-0.05, 0) is 23.3 Å². The van der Waals surface area contributed by atoms with E-state index in [9.17, 15) is 4.79 Å². The van der Waals surface area contributed by atoms with Gasteiger partial charge in [0.15, 0.2) is 0 Å². The van der Waals surface area contributed by atoms with E-state index in [1.54, 1.807) is 18.3 Å². The Bertz CT molecular complexity index is 615. The van der Waals surface area contributed by atoms with E-state index in [1.807, 2.05) is 0 Å². The summed E-state index contributed by atoms with van der Waals surface area (Å²) in [7, 11) is 1.39. The van der Waals surface area contributed by atoms with Crippen molar-refractivity contribution < 1.29 is 9.53 Å². The predicted molar refractivity (Wildman–Crippen MR) is 75.0 cm³/mol. The van der Waals surface area contributed by atoms with Gasteiger partial charge in [0, 0.05) is 25.8 Å². The smallest absolute Gasteiger partial charge is 0.337 e. The first-order chi connectivity index (χ1) is 9.76. The van der Waals surface area contributed by atoms with Crippen LogP contribution in [0.4, 0.5) is 0 Å². The van der Waals surface area contributed by atoms with Crippen LogP contribution in [0.1, 0.15) is 27.2 Å². The highest BCUT2D eigenvalue weighted by atomic mass is 16.5. The molecule has 0 fully saturated rings. The van der Waals surface area contributed by atoms with Gasteiger partial charge >= 0.3 is 5.97 Å². The maximum atomic E-state index is 11.5. The van der Waals surface area contributed by atoms with Crippen molar-refractivity contribution in [2.24, 2.45) is 0 Å². The van der Waals surface area contributed by atoms with Crippen molar-refractivity contribution in [1.29, 1.82) is 0 Å². The Morgan fingerprint density at radius 1 is 1.25 bits per heavy atom. The molecule has 0 unspecified atom stereocenters. The summed E-state index contributed by atoms with van der Waals surface area (Å²) in [5.41, 5.74) is 4.18. The van der Waals surface area contributed by atoms with Crippen LogP contribution in [0.5, 0.6) is 0 Å². The molecule has 0 saturated heterocycles. The lowest BCUT2D eigenvalue weighted by atomic mass is 10.1. The highest BCUT2D eigenvalue weighted by Gasteiger charge is 2.19. The Kier molecular flexibility index (Phi) is 3.48. The van der Waals surface area contributed by atoms with Gasteiger partial charge in [0.2, 0.25) is 0 Å². The molecule has 0 amide bonds. The third kappa shape index (κ3) is 2.56. The number of carbonyl (C=O) groups excluding carboxylic acids is 1. The fourth-order valence-corrected chi connectivity index (χ4v) is 2.55. The second-order valence-corrected chi connectivity index (χ2v) is 4.94. The zero-order valence-corrected chi connectivity index (χ0v) is 11.4. The zero-order chi connectivity index (χ0) is 13.9. The Morgan fingerprint density at radius 3 is 2.60 bits per heavy atom. The highest BCUT2D eigenvalue weighted by molar-refractivity contribution is 5.89. The lowest BCUT2D eigenvalue weighted by Crippen LogP contribution is -2.17. The second-order valence-electron chi connectivity index (χ2n) is 4.94. The largest absolute Gasteiger partial charge is 0.465 e. The number of benzene rings is 1. The number of methoxy groups -OCH3 is 1. The number of hydrogen-bond acceptors (Lipinski definition) is 4. The third-order valence-electron chi connectivity index (χ3n) is 3.53. The summed E-state index contributed by atoms with van der Waals surface area (Å²) in [5.74, 6) is -0.321. The molecule has 1 aromatic heterocycles. The minimum Gasteiger partial charge on any atom is -0.465 e. The lowest BCUT2D eigenvalue weighted by Gasteiger charge is -2.14. The molecule has 102 valence electrons. The Hall–Kier alpha value is -2.20. The van der Waals surface area contributed by atoms with Gasteiger partial charge in [-0.15, -0.1) is 0 Å². The molecule has 0 aliphatic carbocycles. The topological polar surface area (TPSA) is 42.4 Å². The Balaban J connectivity index is 1.72. The van der Waals surface area contributed by atoms with Gasteiger partial charge in [-0.2, -0.15) is 0 Å². The summed E-state index contributed by atoms with van der Waals surface area (Å²) in [6.45, 7) is 2.60. The van der Waals surface area contributed by atoms with Gasteiger partial charge in [-0.3, -0.25) is 9.88 Å². The van der Waals surface area contributed by atoms with Gasteiger partial charge in [-0.1, -0.05) is 24.3 Å². The average molecular weight is 268 g/mol. The molecule has 0 radical (unpaired) electrons. The summed E-state index contributed by atoms with van der Waals surface area (Å²) < 4.78 is 4.73. The highest BCUT2D eigenvalue weighted by Crippen LogP contribution is 2.23. The molecule has 4 nitrogen and oxygen atoms in total. The molecule has 20 heavy (non-hydrogen) atoms. The number of nitrogens with zero attached hydrogens (tertiary/aromatic N) is 2. The number of esters is 1. The number of carbonyl (C=O) groups is 1. The van der Waals surface area contributed by atoms with Crippen LogP contribution < -0.4 is 0 Å². The first-order valence-electron chi connectivity index (χ1n) is 6.58. The van der Waals surface area contributed by atoms with Crippen LogP contribution in [-0.2, 0) is 24.4 Å². The van der Waals surface area contributed by atoms with Gasteiger partial charge in [0.1, 0.15) is 0 Å². The molecule has 2 heterocycles. The second kappa shape index (κ2) is 5.43. The Morgan fingerprint density at radius 2 is 1.95 bits per heavy atom. The fourth-order valence-electron chi connectivity index (χ4n) is 2.55. The summed E-state index contributed by atoms with van der Waals surface area (Å²) in [6, 6.07) is 11.9. The first kappa shape index (κ1) is 12.8. The molecule has 0 atom stereocenters. The van der Waals surface area contributed by atoms with E-state index in [-0.39, 0.29) is 5.97 Å². The van der Waals surface area contributed by atoms with Crippen molar-refractivity contribution in [3.63, 3.8) is 0 Å². The number of pyridine rings is 1. The van der Waals surface area contributed by atoms with Crippen LogP contribution >= 0.6 is 0 Å². The molecule has 1 aliphatic heterocycles. The molecule has 4 heteroatoms. The van der Waals surface area contributed by atoms with E-state index in [0.29, 0.717) is 5.56 Å². The summed E-state index contributed by atoms with van der Waals surface area (Å²) in [6.07, 6.45) is 1.66. The van der Waals surface area contributed by atoms with Crippen LogP contribution in [0.15, 0.2) is 42.6 Å². The molecule has 0 spiro atoms. The van der Waals surface area contributed by atoms with Crippen molar-refractivity contribution in [3.8, 4) is 0 Å². The van der Waals surface area contributed by atoms with Crippen molar-refractivity contribution >= 4 is 5.97 Å². The number of aromatic nitrogens is 1. The van der Waals surface area contributed by atoms with Crippen LogP contribution in [0.25, 0.3) is 0 Å². The minimum atomic E-state index is -0.321. The van der Waals surface area contributed by atoms with Gasteiger partial charge < -0.3 is 4.74 Å². The summed E-state index contributed by atoms with van der Waals surface area (Å²) >= 11 is 0. The third-order valence-corrected chi connectivity index (χ3v) is 3.53. The van der Waals surface area contributed by atoms with E-state index in [4.69, 9.17) is 4.74 Å². The normalized spacial score (nSPS) is 14.1. The fraction of sp³-hybridized carbons (Fsp3) is 0.250. The van der Waals surface area contributed by atoms with Crippen molar-refractivity contribution in [2.45, 2.75) is 19.6 Å². The molecule has 0 bridgehead atoms. The number of rotatable bonds is 3. The molecular weight excluding hydrogens is 252 g/mol. The van der Waals surface area contributed by atoms with Crippen LogP contribution in [-0.4, -0.2) is 23.0 Å². The number of ether oxygens (including phenoxy) is 1. The van der Waals surface area contributed by atoms with Gasteiger partial charge in [0.05, 0.1) is 18.4 Å². The number of hydrogen-bond donors (Lipinski definition) is 0. The first-order valence-corrected chi connectivity index (χ1v) is 6.58. The molecule has 3 rings (SSSR count). The predicted octanol–water partition coefficient (Wildman–Crippen LogP) is 2.38. The maximum absolute atomic E-state index is 11.5. The molecule has 0 N–H and O–H groups in total. The van der Waals surface area contributed by atoms with E-state index >= 15 is 0 Å². The van der Waals surface area contributed by atoms with Gasteiger partial charge in [-0.25, -0.2) is 4.79 Å². The van der Waals surface area contributed by atoms with E-state index < -0.39 is 0 Å². The van der Waals surface area contributed by atoms with E-state index in [0.717, 1.165) is 25.3 Å². The molecule has 0 saturated carbocycles. The van der Waals surface area contributed by atoms with Crippen LogP contribution in [0.3, 0.4) is 0 Å². The molecule has 1 aliphatic rings. The van der Waals surface area contributed by atoms with Crippen LogP contribution in [0, 0.1) is 0 Å². The zero-order valence-electron chi connectivity index (χ0n) is 11.4. The molecular formula is C16H16N2O2. The molecule has 2 aromatic rings. The quantitative estimate of drug-likeness (QED) is 0.802. The lowest BCUT2D eigenvalue weighted by molar-refractivity contribution is 0.0600. The summed E-state index contributed by atoms with van der Waals surface area (Å²) in [5, 5.41) is 0. The summed E-state index contributed by atoms with van der Waals surface area (Å²) in [4.78, 5) is 18.2. The number of fused-ring (bicyclic) bond motifs is 1. The minimum absolute atomic E-state index is 0.321.